The van der Waals surface area contributed by atoms with Gasteiger partial charge in [-0.2, -0.15) is 0 Å². The Morgan fingerprint density at radius 3 is 2.80 bits per heavy atom. The van der Waals surface area contributed by atoms with Gasteiger partial charge in [0.05, 0.1) is 5.75 Å². The third-order valence-corrected chi connectivity index (χ3v) is 6.46. The normalized spacial score (nSPS) is 13.6. The van der Waals surface area contributed by atoms with Crippen LogP contribution in [0.15, 0.2) is 53.7 Å². The molecule has 0 spiro atoms. The van der Waals surface area contributed by atoms with Crippen molar-refractivity contribution in [2.45, 2.75) is 25.0 Å². The molecule has 30 heavy (non-hydrogen) atoms. The Morgan fingerprint density at radius 2 is 1.97 bits per heavy atom. The number of aromatic nitrogens is 4. The van der Waals surface area contributed by atoms with Crippen molar-refractivity contribution in [1.29, 1.82) is 0 Å². The van der Waals surface area contributed by atoms with Crippen molar-refractivity contribution in [3.8, 4) is 11.4 Å². The van der Waals surface area contributed by atoms with Crippen LogP contribution >= 0.6 is 11.8 Å². The number of benzene rings is 2. The van der Waals surface area contributed by atoms with Crippen LogP contribution < -0.4 is 5.84 Å². The number of aryl methyl sites for hydroxylation is 1. The fourth-order valence-corrected chi connectivity index (χ4v) is 4.63. The van der Waals surface area contributed by atoms with E-state index in [1.807, 2.05) is 48.2 Å². The largest absolute Gasteiger partial charge is 0.358 e. The minimum absolute atomic E-state index is 0.0795. The van der Waals surface area contributed by atoms with Crippen molar-refractivity contribution in [2.24, 2.45) is 0 Å². The molecular formula is C22H22N6OS. The number of nitrogens with zero attached hydrogens (tertiary/aromatic N) is 4. The number of carbonyl (C=O) groups excluding carboxylic acids is 1. The summed E-state index contributed by atoms with van der Waals surface area (Å²) in [6, 6.07) is 16.2. The zero-order chi connectivity index (χ0) is 20.7. The van der Waals surface area contributed by atoms with E-state index in [0.717, 1.165) is 17.5 Å². The highest BCUT2D eigenvalue weighted by Crippen LogP contribution is 2.28. The Labute approximate surface area is 178 Å². The first-order valence-corrected chi connectivity index (χ1v) is 10.9. The Bertz CT molecular complexity index is 1230. The lowest BCUT2D eigenvalue weighted by Gasteiger charge is -2.27. The summed E-state index contributed by atoms with van der Waals surface area (Å²) in [6.07, 6.45) is 0.838. The zero-order valence-corrected chi connectivity index (χ0v) is 17.4. The van der Waals surface area contributed by atoms with Crippen LogP contribution in [0.3, 0.4) is 0 Å². The van der Waals surface area contributed by atoms with Gasteiger partial charge >= 0.3 is 0 Å². The molecule has 0 radical (unpaired) electrons. The maximum absolute atomic E-state index is 12.9. The predicted octanol–water partition coefficient (Wildman–Crippen LogP) is 3.13. The van der Waals surface area contributed by atoms with Gasteiger partial charge in [-0.3, -0.25) is 4.79 Å². The molecule has 3 N–H and O–H groups in total. The number of fused-ring (bicyclic) bond motifs is 3. The molecule has 3 heterocycles. The molecule has 2 aromatic carbocycles. The lowest BCUT2D eigenvalue weighted by Crippen LogP contribution is -2.37. The van der Waals surface area contributed by atoms with Crippen molar-refractivity contribution < 1.29 is 4.79 Å². The van der Waals surface area contributed by atoms with Crippen LogP contribution in [0.1, 0.15) is 16.8 Å². The molecule has 1 aliphatic rings. The highest BCUT2D eigenvalue weighted by molar-refractivity contribution is 7.99. The van der Waals surface area contributed by atoms with Crippen LogP contribution in [-0.2, 0) is 17.8 Å². The van der Waals surface area contributed by atoms with E-state index in [9.17, 15) is 4.79 Å². The number of hydrogen-bond acceptors (Lipinski definition) is 5. The fraction of sp³-hybridized carbons (Fsp3) is 0.227. The Kier molecular flexibility index (Phi) is 4.71. The van der Waals surface area contributed by atoms with E-state index >= 15 is 0 Å². The van der Waals surface area contributed by atoms with Crippen LogP contribution in [0, 0.1) is 6.92 Å². The highest BCUT2D eigenvalue weighted by Gasteiger charge is 2.24. The molecule has 0 saturated heterocycles. The van der Waals surface area contributed by atoms with Gasteiger partial charge in [-0.05, 0) is 13.0 Å². The number of aromatic amines is 1. The molecule has 0 saturated carbocycles. The van der Waals surface area contributed by atoms with E-state index in [4.69, 9.17) is 5.84 Å². The second kappa shape index (κ2) is 7.53. The number of nitrogens with one attached hydrogen (secondary N) is 1. The summed E-state index contributed by atoms with van der Waals surface area (Å²) in [7, 11) is 0. The van der Waals surface area contributed by atoms with Gasteiger partial charge in [0.1, 0.15) is 0 Å². The number of H-pyrrole nitrogens is 1. The first-order chi connectivity index (χ1) is 14.6. The summed E-state index contributed by atoms with van der Waals surface area (Å²) in [4.78, 5) is 18.3. The number of rotatable bonds is 4. The van der Waals surface area contributed by atoms with Crippen molar-refractivity contribution in [3.63, 3.8) is 0 Å². The Morgan fingerprint density at radius 1 is 1.17 bits per heavy atom. The number of carbonyl (C=O) groups is 1. The van der Waals surface area contributed by atoms with E-state index in [1.165, 1.54) is 38.6 Å². The molecule has 0 aliphatic carbocycles. The van der Waals surface area contributed by atoms with Crippen molar-refractivity contribution in [1.82, 2.24) is 24.8 Å². The quantitative estimate of drug-likeness (QED) is 0.392. The summed E-state index contributed by atoms with van der Waals surface area (Å²) < 4.78 is 1.45. The fourth-order valence-electron chi connectivity index (χ4n) is 3.87. The molecule has 0 unspecified atom stereocenters. The number of hydrogen-bond donors (Lipinski definition) is 2. The third kappa shape index (κ3) is 3.33. The first kappa shape index (κ1) is 18.7. The SMILES string of the molecule is Cc1ccc(-c2nnc(SCC(=O)N3CCc4[nH]c5ccccc5c4C3)n2N)cc1. The van der Waals surface area contributed by atoms with E-state index in [1.54, 1.807) is 0 Å². The smallest absolute Gasteiger partial charge is 0.233 e. The molecule has 1 amide bonds. The minimum atomic E-state index is 0.0795. The van der Waals surface area contributed by atoms with Gasteiger partial charge in [-0.25, -0.2) is 4.68 Å². The molecule has 0 atom stereocenters. The van der Waals surface area contributed by atoms with Gasteiger partial charge in [-0.1, -0.05) is 59.8 Å². The monoisotopic (exact) mass is 418 g/mol. The highest BCUT2D eigenvalue weighted by atomic mass is 32.2. The van der Waals surface area contributed by atoms with Crippen LogP contribution in [0.2, 0.25) is 0 Å². The maximum Gasteiger partial charge on any atom is 0.233 e. The molecule has 5 rings (SSSR count). The first-order valence-electron chi connectivity index (χ1n) is 9.86. The molecule has 1 aliphatic heterocycles. The van der Waals surface area contributed by atoms with Crippen LogP contribution in [0.25, 0.3) is 22.3 Å². The number of nitrogen functional groups attached to an aromatic ring is 1. The molecule has 8 heteroatoms. The molecule has 0 bridgehead atoms. The summed E-state index contributed by atoms with van der Waals surface area (Å²) in [6.45, 7) is 3.37. The molecule has 0 fully saturated rings. The van der Waals surface area contributed by atoms with Crippen molar-refractivity contribution in [2.75, 3.05) is 18.1 Å². The summed E-state index contributed by atoms with van der Waals surface area (Å²) in [5, 5.41) is 10.1. The number of thioether (sulfide) groups is 1. The summed E-state index contributed by atoms with van der Waals surface area (Å²) in [5.41, 5.74) is 5.65. The van der Waals surface area contributed by atoms with E-state index < -0.39 is 0 Å². The van der Waals surface area contributed by atoms with E-state index in [-0.39, 0.29) is 11.7 Å². The van der Waals surface area contributed by atoms with Gasteiger partial charge in [-0.15, -0.1) is 10.2 Å². The topological polar surface area (TPSA) is 92.8 Å². The van der Waals surface area contributed by atoms with Crippen molar-refractivity contribution >= 4 is 28.6 Å². The molecule has 2 aromatic heterocycles. The van der Waals surface area contributed by atoms with Gasteiger partial charge in [0.2, 0.25) is 11.1 Å². The molecule has 4 aromatic rings. The molecule has 7 nitrogen and oxygen atoms in total. The lowest BCUT2D eigenvalue weighted by atomic mass is 10.0. The number of nitrogens with two attached hydrogens (primary N) is 1. The van der Waals surface area contributed by atoms with Crippen molar-refractivity contribution in [3.05, 3.63) is 65.4 Å². The molecule has 152 valence electrons. The van der Waals surface area contributed by atoms with Crippen LogP contribution in [0.5, 0.6) is 0 Å². The Balaban J connectivity index is 1.27. The standard InChI is InChI=1S/C22H22N6OS/c1-14-6-8-15(9-7-14)21-25-26-22(28(21)23)30-13-20(29)27-11-10-19-17(12-27)16-4-2-3-5-18(16)24-19/h2-9,24H,10-13,23H2,1H3. The maximum atomic E-state index is 12.9. The van der Waals surface area contributed by atoms with Gasteiger partial charge in [0.25, 0.3) is 0 Å². The lowest BCUT2D eigenvalue weighted by molar-refractivity contribution is -0.129. The average molecular weight is 419 g/mol. The van der Waals surface area contributed by atoms with Gasteiger partial charge in [0.15, 0.2) is 5.82 Å². The van der Waals surface area contributed by atoms with E-state index in [2.05, 4.69) is 27.3 Å². The molecular weight excluding hydrogens is 396 g/mol. The zero-order valence-electron chi connectivity index (χ0n) is 16.6. The second-order valence-corrected chi connectivity index (χ2v) is 8.47. The Hall–Kier alpha value is -3.26. The summed E-state index contributed by atoms with van der Waals surface area (Å²) >= 11 is 1.32. The summed E-state index contributed by atoms with van der Waals surface area (Å²) in [5.74, 6) is 7.14. The second-order valence-electron chi connectivity index (χ2n) is 7.52. The third-order valence-electron chi connectivity index (χ3n) is 5.53. The van der Waals surface area contributed by atoms with Crippen LogP contribution in [-0.4, -0.2) is 43.0 Å². The van der Waals surface area contributed by atoms with E-state index in [0.29, 0.717) is 24.1 Å². The minimum Gasteiger partial charge on any atom is -0.358 e. The number of para-hydroxylation sites is 1. The van der Waals surface area contributed by atoms with Gasteiger partial charge < -0.3 is 15.7 Å². The van der Waals surface area contributed by atoms with Gasteiger partial charge in [0, 0.05) is 47.2 Å². The number of amides is 1. The van der Waals surface area contributed by atoms with Crippen LogP contribution in [0.4, 0.5) is 0 Å². The average Bonchev–Trinajstić information content (AvgIpc) is 3.32. The predicted molar refractivity (Wildman–Crippen MR) is 118 cm³/mol.